The summed E-state index contributed by atoms with van der Waals surface area (Å²) in [6.07, 6.45) is 1.52. The number of aryl methyl sites for hydroxylation is 3. The SMILES string of the molecule is Cc1cc(C(=O)Nc2cnc(Cl)c(C)c2)c(C)nn1. The van der Waals surface area contributed by atoms with E-state index in [1.807, 2.05) is 6.92 Å². The van der Waals surface area contributed by atoms with Gasteiger partial charge in [-0.05, 0) is 38.5 Å². The van der Waals surface area contributed by atoms with E-state index in [0.717, 1.165) is 5.56 Å². The van der Waals surface area contributed by atoms with Crippen LogP contribution in [0.2, 0.25) is 5.15 Å². The number of aromatic nitrogens is 3. The summed E-state index contributed by atoms with van der Waals surface area (Å²) in [5, 5.41) is 11.0. The third kappa shape index (κ3) is 3.06. The smallest absolute Gasteiger partial charge is 0.257 e. The van der Waals surface area contributed by atoms with Gasteiger partial charge in [-0.1, -0.05) is 11.6 Å². The number of carbonyl (C=O) groups is 1. The molecule has 2 rings (SSSR count). The molecule has 0 aromatic carbocycles. The van der Waals surface area contributed by atoms with E-state index in [4.69, 9.17) is 11.6 Å². The molecule has 98 valence electrons. The van der Waals surface area contributed by atoms with Crippen LogP contribution in [0.3, 0.4) is 0 Å². The third-order valence-corrected chi connectivity index (χ3v) is 3.01. The van der Waals surface area contributed by atoms with Crippen molar-refractivity contribution in [3.05, 3.63) is 46.0 Å². The molecule has 5 nitrogen and oxygen atoms in total. The summed E-state index contributed by atoms with van der Waals surface area (Å²) < 4.78 is 0. The summed E-state index contributed by atoms with van der Waals surface area (Å²) in [7, 11) is 0. The zero-order valence-electron chi connectivity index (χ0n) is 10.9. The lowest BCUT2D eigenvalue weighted by atomic mass is 10.2. The van der Waals surface area contributed by atoms with E-state index < -0.39 is 0 Å². The van der Waals surface area contributed by atoms with Gasteiger partial charge < -0.3 is 5.32 Å². The average molecular weight is 277 g/mol. The molecular weight excluding hydrogens is 264 g/mol. The van der Waals surface area contributed by atoms with E-state index in [-0.39, 0.29) is 5.91 Å². The first-order chi connectivity index (χ1) is 8.97. The minimum atomic E-state index is -0.237. The van der Waals surface area contributed by atoms with Crippen LogP contribution in [-0.4, -0.2) is 21.1 Å². The van der Waals surface area contributed by atoms with Crippen molar-refractivity contribution in [1.29, 1.82) is 0 Å². The first-order valence-corrected chi connectivity index (χ1v) is 6.09. The molecule has 2 heterocycles. The number of hydrogen-bond donors (Lipinski definition) is 1. The summed E-state index contributed by atoms with van der Waals surface area (Å²) in [5.41, 5.74) is 3.18. The molecule has 2 aromatic rings. The van der Waals surface area contributed by atoms with Gasteiger partial charge in [0, 0.05) is 0 Å². The lowest BCUT2D eigenvalue weighted by Crippen LogP contribution is -2.15. The molecular formula is C13H13ClN4O. The lowest BCUT2D eigenvalue weighted by Gasteiger charge is -2.08. The fourth-order valence-corrected chi connectivity index (χ4v) is 1.71. The topological polar surface area (TPSA) is 67.8 Å². The molecule has 1 amide bonds. The normalized spacial score (nSPS) is 10.3. The molecule has 0 fully saturated rings. The highest BCUT2D eigenvalue weighted by molar-refractivity contribution is 6.30. The van der Waals surface area contributed by atoms with E-state index in [2.05, 4.69) is 20.5 Å². The van der Waals surface area contributed by atoms with Gasteiger partial charge in [-0.15, -0.1) is 0 Å². The fourth-order valence-electron chi connectivity index (χ4n) is 1.60. The molecule has 2 aromatic heterocycles. The van der Waals surface area contributed by atoms with Gasteiger partial charge >= 0.3 is 0 Å². The largest absolute Gasteiger partial charge is 0.321 e. The molecule has 1 N–H and O–H groups in total. The van der Waals surface area contributed by atoms with E-state index in [1.54, 1.807) is 26.0 Å². The Morgan fingerprint density at radius 3 is 2.63 bits per heavy atom. The quantitative estimate of drug-likeness (QED) is 0.857. The van der Waals surface area contributed by atoms with Crippen molar-refractivity contribution in [2.75, 3.05) is 5.32 Å². The molecule has 6 heteroatoms. The molecule has 0 aliphatic carbocycles. The van der Waals surface area contributed by atoms with Crippen molar-refractivity contribution in [3.63, 3.8) is 0 Å². The molecule has 0 bridgehead atoms. The number of nitrogens with one attached hydrogen (secondary N) is 1. The van der Waals surface area contributed by atoms with Crippen LogP contribution in [-0.2, 0) is 0 Å². The number of pyridine rings is 1. The Kier molecular flexibility index (Phi) is 3.76. The summed E-state index contributed by atoms with van der Waals surface area (Å²) in [4.78, 5) is 16.1. The fraction of sp³-hybridized carbons (Fsp3) is 0.231. The summed E-state index contributed by atoms with van der Waals surface area (Å²) >= 11 is 5.84. The molecule has 0 aliphatic rings. The average Bonchev–Trinajstić information content (AvgIpc) is 2.36. The molecule has 0 atom stereocenters. The zero-order chi connectivity index (χ0) is 14.0. The first-order valence-electron chi connectivity index (χ1n) is 5.72. The van der Waals surface area contributed by atoms with Gasteiger partial charge in [0.15, 0.2) is 0 Å². The van der Waals surface area contributed by atoms with Crippen molar-refractivity contribution >= 4 is 23.2 Å². The van der Waals surface area contributed by atoms with Gasteiger partial charge in [0.25, 0.3) is 5.91 Å². The Labute approximate surface area is 116 Å². The maximum atomic E-state index is 12.1. The molecule has 0 radical (unpaired) electrons. The molecule has 0 unspecified atom stereocenters. The Hall–Kier alpha value is -2.01. The molecule has 0 saturated heterocycles. The third-order valence-electron chi connectivity index (χ3n) is 2.62. The monoisotopic (exact) mass is 276 g/mol. The van der Waals surface area contributed by atoms with Crippen LogP contribution in [0, 0.1) is 20.8 Å². The first kappa shape index (κ1) is 13.4. The zero-order valence-corrected chi connectivity index (χ0v) is 11.6. The van der Waals surface area contributed by atoms with Crippen LogP contribution in [0.15, 0.2) is 18.3 Å². The van der Waals surface area contributed by atoms with Gasteiger partial charge in [-0.3, -0.25) is 4.79 Å². The number of amides is 1. The van der Waals surface area contributed by atoms with Crippen molar-refractivity contribution in [2.45, 2.75) is 20.8 Å². The number of rotatable bonds is 2. The predicted octanol–water partition coefficient (Wildman–Crippen LogP) is 2.70. The Bertz CT molecular complexity index is 643. The Morgan fingerprint density at radius 2 is 1.95 bits per heavy atom. The van der Waals surface area contributed by atoms with Crippen LogP contribution in [0.4, 0.5) is 5.69 Å². The van der Waals surface area contributed by atoms with E-state index in [9.17, 15) is 4.79 Å². The maximum Gasteiger partial charge on any atom is 0.257 e. The van der Waals surface area contributed by atoms with Crippen LogP contribution in [0.25, 0.3) is 0 Å². The van der Waals surface area contributed by atoms with Crippen LogP contribution >= 0.6 is 11.6 Å². The Morgan fingerprint density at radius 1 is 1.21 bits per heavy atom. The van der Waals surface area contributed by atoms with Gasteiger partial charge in [0.05, 0.1) is 28.8 Å². The predicted molar refractivity (Wildman–Crippen MR) is 73.4 cm³/mol. The van der Waals surface area contributed by atoms with E-state index in [0.29, 0.717) is 27.8 Å². The molecule has 0 spiro atoms. The number of halogens is 1. The second-order valence-corrected chi connectivity index (χ2v) is 4.63. The second-order valence-electron chi connectivity index (χ2n) is 4.27. The van der Waals surface area contributed by atoms with Gasteiger partial charge in [-0.25, -0.2) is 4.98 Å². The molecule has 0 saturated carbocycles. The molecule has 19 heavy (non-hydrogen) atoms. The minimum absolute atomic E-state index is 0.237. The lowest BCUT2D eigenvalue weighted by molar-refractivity contribution is 0.102. The highest BCUT2D eigenvalue weighted by Crippen LogP contribution is 2.17. The van der Waals surface area contributed by atoms with Crippen molar-refractivity contribution < 1.29 is 4.79 Å². The number of anilines is 1. The Balaban J connectivity index is 2.25. The molecule has 0 aliphatic heterocycles. The van der Waals surface area contributed by atoms with Gasteiger partial charge in [0.1, 0.15) is 5.15 Å². The number of nitrogens with zero attached hydrogens (tertiary/aromatic N) is 3. The highest BCUT2D eigenvalue weighted by Gasteiger charge is 2.12. The summed E-state index contributed by atoms with van der Waals surface area (Å²) in [6, 6.07) is 3.47. The minimum Gasteiger partial charge on any atom is -0.321 e. The van der Waals surface area contributed by atoms with Crippen LogP contribution < -0.4 is 5.32 Å². The van der Waals surface area contributed by atoms with Crippen LogP contribution in [0.1, 0.15) is 27.3 Å². The van der Waals surface area contributed by atoms with Gasteiger partial charge in [-0.2, -0.15) is 10.2 Å². The van der Waals surface area contributed by atoms with Crippen molar-refractivity contribution in [3.8, 4) is 0 Å². The van der Waals surface area contributed by atoms with Crippen molar-refractivity contribution in [2.24, 2.45) is 0 Å². The van der Waals surface area contributed by atoms with Crippen LogP contribution in [0.5, 0.6) is 0 Å². The second kappa shape index (κ2) is 5.32. The summed E-state index contributed by atoms with van der Waals surface area (Å²) in [5.74, 6) is -0.237. The standard InChI is InChI=1S/C13H13ClN4O/c1-7-4-10(6-15-12(7)14)16-13(19)11-5-8(2)17-18-9(11)3/h4-6H,1-3H3,(H,16,19). The highest BCUT2D eigenvalue weighted by atomic mass is 35.5. The van der Waals surface area contributed by atoms with Gasteiger partial charge in [0.2, 0.25) is 0 Å². The van der Waals surface area contributed by atoms with E-state index in [1.165, 1.54) is 6.20 Å². The maximum absolute atomic E-state index is 12.1. The van der Waals surface area contributed by atoms with E-state index >= 15 is 0 Å². The summed E-state index contributed by atoms with van der Waals surface area (Å²) in [6.45, 7) is 5.36. The van der Waals surface area contributed by atoms with Crippen molar-refractivity contribution in [1.82, 2.24) is 15.2 Å². The number of hydrogen-bond acceptors (Lipinski definition) is 4. The number of carbonyl (C=O) groups excluding carboxylic acids is 1.